The zero-order valence-corrected chi connectivity index (χ0v) is 15.1. The van der Waals surface area contributed by atoms with Crippen LogP contribution in [0.15, 0.2) is 24.3 Å². The maximum atomic E-state index is 11.8. The van der Waals surface area contributed by atoms with E-state index in [1.54, 1.807) is 0 Å². The Kier molecular flexibility index (Phi) is 4.03. The molecule has 2 heteroatoms. The lowest BCUT2D eigenvalue weighted by Gasteiger charge is -2.57. The van der Waals surface area contributed by atoms with E-state index in [2.05, 4.69) is 13.5 Å². The van der Waals surface area contributed by atoms with Gasteiger partial charge in [-0.1, -0.05) is 18.6 Å². The molecule has 3 fully saturated rings. The number of rotatable bonds is 3. The quantitative estimate of drug-likeness (QED) is 0.754. The molecule has 3 saturated carbocycles. The summed E-state index contributed by atoms with van der Waals surface area (Å²) in [5, 5.41) is 11.5. The molecule has 0 spiro atoms. The predicted octanol–water partition coefficient (Wildman–Crippen LogP) is 4.83. The summed E-state index contributed by atoms with van der Waals surface area (Å²) in [6.45, 7) is 6.21. The molecule has 0 bridgehead atoms. The van der Waals surface area contributed by atoms with E-state index in [9.17, 15) is 9.90 Å². The summed E-state index contributed by atoms with van der Waals surface area (Å²) in [5.41, 5.74) is 1.03. The second kappa shape index (κ2) is 5.83. The molecule has 0 saturated heterocycles. The summed E-state index contributed by atoms with van der Waals surface area (Å²) in [6, 6.07) is 0. The van der Waals surface area contributed by atoms with Crippen LogP contribution >= 0.6 is 0 Å². The van der Waals surface area contributed by atoms with Crippen molar-refractivity contribution in [3.05, 3.63) is 24.3 Å². The fraction of sp³-hybridized carbons (Fsp3) is 0.773. The van der Waals surface area contributed by atoms with Gasteiger partial charge in [0.2, 0.25) is 0 Å². The summed E-state index contributed by atoms with van der Waals surface area (Å²) < 4.78 is 0. The van der Waals surface area contributed by atoms with Crippen molar-refractivity contribution in [1.29, 1.82) is 0 Å². The van der Waals surface area contributed by atoms with Crippen molar-refractivity contribution in [3.63, 3.8) is 0 Å². The maximum absolute atomic E-state index is 11.8. The summed E-state index contributed by atoms with van der Waals surface area (Å²) in [7, 11) is 0. The molecule has 0 aromatic carbocycles. The first-order chi connectivity index (χ1) is 11.5. The third kappa shape index (κ3) is 2.14. The molecule has 0 radical (unpaired) electrons. The van der Waals surface area contributed by atoms with Crippen LogP contribution in [0.25, 0.3) is 0 Å². The van der Waals surface area contributed by atoms with Gasteiger partial charge in [0.05, 0.1) is 5.60 Å². The van der Waals surface area contributed by atoms with Gasteiger partial charge in [-0.2, -0.15) is 0 Å². The predicted molar refractivity (Wildman–Crippen MR) is 96.5 cm³/mol. The van der Waals surface area contributed by atoms with Crippen LogP contribution < -0.4 is 0 Å². The van der Waals surface area contributed by atoms with Crippen molar-refractivity contribution in [3.8, 4) is 0 Å². The minimum atomic E-state index is -0.530. The molecule has 0 unspecified atom stereocenters. The summed E-state index contributed by atoms with van der Waals surface area (Å²) >= 11 is 0. The summed E-state index contributed by atoms with van der Waals surface area (Å²) in [4.78, 5) is 11.8. The Morgan fingerprint density at radius 2 is 2.04 bits per heavy atom. The summed E-state index contributed by atoms with van der Waals surface area (Å²) in [6.07, 6.45) is 14.5. The van der Waals surface area contributed by atoms with Crippen molar-refractivity contribution in [1.82, 2.24) is 0 Å². The van der Waals surface area contributed by atoms with Crippen LogP contribution in [0.1, 0.15) is 71.1 Å². The smallest absolute Gasteiger partial charge is 0.155 e. The van der Waals surface area contributed by atoms with Crippen LogP contribution in [-0.4, -0.2) is 16.5 Å². The number of hydrogen-bond donors (Lipinski definition) is 1. The topological polar surface area (TPSA) is 37.3 Å². The molecule has 0 aliphatic heterocycles. The van der Waals surface area contributed by atoms with Crippen LogP contribution in [0.5, 0.6) is 0 Å². The molecule has 4 aliphatic rings. The Labute approximate surface area is 146 Å². The highest BCUT2D eigenvalue weighted by Gasteiger charge is 2.63. The Bertz CT molecular complexity index is 577. The van der Waals surface area contributed by atoms with E-state index in [1.807, 2.05) is 12.2 Å². The number of ketones is 1. The van der Waals surface area contributed by atoms with Crippen LogP contribution in [0.4, 0.5) is 0 Å². The normalized spacial score (nSPS) is 47.4. The van der Waals surface area contributed by atoms with Gasteiger partial charge < -0.3 is 5.11 Å². The standard InChI is InChI=1S/C22H32O2/c1-3-11-22(24)13-10-20-19-7-5-15-14-16(23)6-8-17(15)18(19)9-12-21(20,22)4-2/h3,14,17-20,24H,1,4-13H2,2H3/t17-,18+,19+,20-,21-,22-/m0/s1. The zero-order valence-electron chi connectivity index (χ0n) is 15.1. The van der Waals surface area contributed by atoms with Gasteiger partial charge in [-0.25, -0.2) is 0 Å². The zero-order chi connectivity index (χ0) is 16.9. The van der Waals surface area contributed by atoms with E-state index < -0.39 is 5.60 Å². The number of allylic oxidation sites excluding steroid dienone is 1. The van der Waals surface area contributed by atoms with E-state index in [0.29, 0.717) is 17.6 Å². The molecule has 24 heavy (non-hydrogen) atoms. The number of carbonyl (C=O) groups is 1. The van der Waals surface area contributed by atoms with Gasteiger partial charge in [0.15, 0.2) is 5.78 Å². The van der Waals surface area contributed by atoms with Gasteiger partial charge in [-0.15, -0.1) is 6.58 Å². The first kappa shape index (κ1) is 16.6. The average Bonchev–Trinajstić information content (AvgIpc) is 2.88. The molecule has 0 amide bonds. The maximum Gasteiger partial charge on any atom is 0.155 e. The highest BCUT2D eigenvalue weighted by Crippen LogP contribution is 2.66. The van der Waals surface area contributed by atoms with E-state index >= 15 is 0 Å². The van der Waals surface area contributed by atoms with Gasteiger partial charge in [0, 0.05) is 11.8 Å². The molecule has 4 aliphatic carbocycles. The lowest BCUT2D eigenvalue weighted by molar-refractivity contribution is -0.129. The van der Waals surface area contributed by atoms with Gasteiger partial charge in [-0.05, 0) is 87.5 Å². The number of fused-ring (bicyclic) bond motifs is 5. The van der Waals surface area contributed by atoms with Crippen molar-refractivity contribution < 1.29 is 9.90 Å². The Morgan fingerprint density at radius 3 is 2.79 bits per heavy atom. The van der Waals surface area contributed by atoms with Crippen molar-refractivity contribution in [2.24, 2.45) is 29.1 Å². The van der Waals surface area contributed by atoms with Crippen LogP contribution in [0.3, 0.4) is 0 Å². The molecular formula is C22H32O2. The van der Waals surface area contributed by atoms with Gasteiger partial charge in [-0.3, -0.25) is 4.79 Å². The molecular weight excluding hydrogens is 296 g/mol. The molecule has 0 heterocycles. The second-order valence-corrected chi connectivity index (χ2v) is 8.92. The Hall–Kier alpha value is -0.890. The molecule has 2 nitrogen and oxygen atoms in total. The number of aliphatic hydroxyl groups is 1. The van der Waals surface area contributed by atoms with Crippen LogP contribution in [0.2, 0.25) is 0 Å². The van der Waals surface area contributed by atoms with Gasteiger partial charge >= 0.3 is 0 Å². The minimum absolute atomic E-state index is 0.105. The fourth-order valence-corrected chi connectivity index (χ4v) is 7.42. The van der Waals surface area contributed by atoms with Crippen molar-refractivity contribution in [2.45, 2.75) is 76.7 Å². The van der Waals surface area contributed by atoms with Crippen molar-refractivity contribution >= 4 is 5.78 Å². The first-order valence-corrected chi connectivity index (χ1v) is 10.1. The lowest BCUT2D eigenvalue weighted by Crippen LogP contribution is -2.53. The molecule has 1 N–H and O–H groups in total. The van der Waals surface area contributed by atoms with Gasteiger partial charge in [0.1, 0.15) is 0 Å². The molecule has 0 aromatic rings. The molecule has 132 valence electrons. The molecule has 4 rings (SSSR count). The summed E-state index contributed by atoms with van der Waals surface area (Å²) in [5.74, 6) is 3.19. The number of hydrogen-bond acceptors (Lipinski definition) is 2. The van der Waals surface area contributed by atoms with E-state index in [0.717, 1.165) is 56.8 Å². The highest BCUT2D eigenvalue weighted by molar-refractivity contribution is 5.91. The first-order valence-electron chi connectivity index (χ1n) is 10.1. The average molecular weight is 328 g/mol. The van der Waals surface area contributed by atoms with Gasteiger partial charge in [0.25, 0.3) is 0 Å². The van der Waals surface area contributed by atoms with Crippen LogP contribution in [-0.2, 0) is 4.79 Å². The highest BCUT2D eigenvalue weighted by atomic mass is 16.3. The largest absolute Gasteiger partial charge is 0.389 e. The Balaban J connectivity index is 1.65. The van der Waals surface area contributed by atoms with E-state index in [1.165, 1.54) is 24.8 Å². The molecule has 0 aromatic heterocycles. The van der Waals surface area contributed by atoms with Crippen molar-refractivity contribution in [2.75, 3.05) is 0 Å². The third-order valence-electron chi connectivity index (χ3n) is 8.42. The minimum Gasteiger partial charge on any atom is -0.389 e. The van der Waals surface area contributed by atoms with E-state index in [-0.39, 0.29) is 5.41 Å². The second-order valence-electron chi connectivity index (χ2n) is 8.92. The Morgan fingerprint density at radius 1 is 1.21 bits per heavy atom. The van der Waals surface area contributed by atoms with Crippen LogP contribution in [0, 0.1) is 29.1 Å². The SMILES string of the molecule is C=CC[C@]1(O)CC[C@H]2[C@@H]3CCC4=CC(=O)CC[C@@H]4[C@H]3CC[C@@]21CC. The third-order valence-corrected chi connectivity index (χ3v) is 8.42. The lowest BCUT2D eigenvalue weighted by atomic mass is 9.49. The fourth-order valence-electron chi connectivity index (χ4n) is 7.42. The molecule has 6 atom stereocenters. The monoisotopic (exact) mass is 328 g/mol. The number of carbonyl (C=O) groups excluding carboxylic acids is 1. The van der Waals surface area contributed by atoms with E-state index in [4.69, 9.17) is 0 Å².